The predicted molar refractivity (Wildman–Crippen MR) is 150 cm³/mol. The van der Waals surface area contributed by atoms with E-state index in [9.17, 15) is 14.0 Å². The zero-order valence-electron chi connectivity index (χ0n) is 23.1. The molecule has 38 heavy (non-hydrogen) atoms. The van der Waals surface area contributed by atoms with Crippen LogP contribution in [0.5, 0.6) is 0 Å². The number of carbonyl (C=O) groups excluding carboxylic acids is 2. The maximum atomic E-state index is 14.3. The Morgan fingerprint density at radius 3 is 2.29 bits per heavy atom. The fourth-order valence-corrected chi connectivity index (χ4v) is 5.03. The third-order valence-corrected chi connectivity index (χ3v) is 7.33. The summed E-state index contributed by atoms with van der Waals surface area (Å²) in [6.07, 6.45) is 12.6. The molecule has 1 heterocycles. The second-order valence-electron chi connectivity index (χ2n) is 10.4. The number of hydrogen-bond donors (Lipinski definition) is 1. The van der Waals surface area contributed by atoms with E-state index < -0.39 is 5.82 Å². The summed E-state index contributed by atoms with van der Waals surface area (Å²) < 4.78 is 20.4. The summed E-state index contributed by atoms with van der Waals surface area (Å²) in [6, 6.07) is 14.3. The highest BCUT2D eigenvalue weighted by Gasteiger charge is 2.31. The fourth-order valence-electron chi connectivity index (χ4n) is 5.03. The lowest BCUT2D eigenvalue weighted by molar-refractivity contribution is -0.121. The quantitative estimate of drug-likeness (QED) is 0.231. The molecule has 1 aliphatic heterocycles. The number of benzene rings is 2. The van der Waals surface area contributed by atoms with Gasteiger partial charge in [-0.05, 0) is 48.9 Å². The Kier molecular flexibility index (Phi) is 13.3. The van der Waals surface area contributed by atoms with E-state index in [1.807, 2.05) is 18.2 Å². The molecule has 3 rings (SSSR count). The van der Waals surface area contributed by atoms with Gasteiger partial charge in [0.1, 0.15) is 5.82 Å². The lowest BCUT2D eigenvalue weighted by Crippen LogP contribution is -2.47. The maximum Gasteiger partial charge on any atom is 0.257 e. The number of halogens is 1. The van der Waals surface area contributed by atoms with Crippen molar-refractivity contribution in [2.24, 2.45) is 0 Å². The van der Waals surface area contributed by atoms with Gasteiger partial charge < -0.3 is 15.0 Å². The zero-order chi connectivity index (χ0) is 27.0. The van der Waals surface area contributed by atoms with E-state index in [0.717, 1.165) is 57.1 Å². The first-order valence-corrected chi connectivity index (χ1v) is 14.6. The summed E-state index contributed by atoms with van der Waals surface area (Å²) in [7, 11) is 0. The molecule has 2 aromatic carbocycles. The molecule has 6 heteroatoms. The Bertz CT molecular complexity index is 996. The molecule has 0 aromatic heterocycles. The number of carbonyl (C=O) groups is 2. The van der Waals surface area contributed by atoms with Crippen molar-refractivity contribution < 1.29 is 18.7 Å². The fraction of sp³-hybridized carbons (Fsp3) is 0.562. The minimum absolute atomic E-state index is 0.106. The van der Waals surface area contributed by atoms with Crippen molar-refractivity contribution in [2.75, 3.05) is 19.8 Å². The van der Waals surface area contributed by atoms with Crippen molar-refractivity contribution in [1.82, 2.24) is 10.2 Å². The summed E-state index contributed by atoms with van der Waals surface area (Å²) >= 11 is 0. The lowest BCUT2D eigenvalue weighted by atomic mass is 9.93. The van der Waals surface area contributed by atoms with E-state index in [1.54, 1.807) is 23.1 Å². The minimum atomic E-state index is -0.482. The molecule has 1 aliphatic rings. The third-order valence-electron chi connectivity index (χ3n) is 7.33. The van der Waals surface area contributed by atoms with Crippen molar-refractivity contribution in [3.63, 3.8) is 0 Å². The average Bonchev–Trinajstić information content (AvgIpc) is 2.93. The molecule has 2 amide bonds. The molecule has 1 N–H and O–H groups in total. The second-order valence-corrected chi connectivity index (χ2v) is 10.4. The van der Waals surface area contributed by atoms with Gasteiger partial charge in [0.25, 0.3) is 5.91 Å². The maximum absolute atomic E-state index is 14.3. The summed E-state index contributed by atoms with van der Waals surface area (Å²) in [5.74, 6) is -0.567. The topological polar surface area (TPSA) is 58.6 Å². The van der Waals surface area contributed by atoms with Crippen molar-refractivity contribution in [2.45, 2.75) is 96.6 Å². The first-order chi connectivity index (χ1) is 18.6. The number of amides is 2. The molecular weight excluding hydrogens is 479 g/mol. The first-order valence-electron chi connectivity index (χ1n) is 14.6. The van der Waals surface area contributed by atoms with Crippen LogP contribution in [0.2, 0.25) is 0 Å². The van der Waals surface area contributed by atoms with E-state index in [-0.39, 0.29) is 23.4 Å². The van der Waals surface area contributed by atoms with Gasteiger partial charge in [-0.1, -0.05) is 88.3 Å². The summed E-state index contributed by atoms with van der Waals surface area (Å²) in [5.41, 5.74) is 2.46. The van der Waals surface area contributed by atoms with Crippen LogP contribution < -0.4 is 5.32 Å². The highest BCUT2D eigenvalue weighted by Crippen LogP contribution is 2.26. The van der Waals surface area contributed by atoms with Crippen LogP contribution in [0.25, 0.3) is 0 Å². The van der Waals surface area contributed by atoms with Crippen LogP contribution in [0.3, 0.4) is 0 Å². The van der Waals surface area contributed by atoms with Crippen LogP contribution in [0.4, 0.5) is 4.39 Å². The standard InChI is InChI=1S/C32H45FN2O3/c1-2-3-21-34-31(36)20-10-8-6-4-5-7-9-15-22-38-25-28-23-26-16-11-12-17-27(26)24-35(28)32(37)29-18-13-14-19-30(29)33/h11-14,16-19,28H,2-10,15,20-25H2,1H3,(H,34,36). The normalized spacial score (nSPS) is 14.8. The Balaban J connectivity index is 1.30. The van der Waals surface area contributed by atoms with Crippen LogP contribution in [0.15, 0.2) is 48.5 Å². The number of ether oxygens (including phenoxy) is 1. The second kappa shape index (κ2) is 17.0. The smallest absolute Gasteiger partial charge is 0.257 e. The van der Waals surface area contributed by atoms with Crippen LogP contribution in [-0.2, 0) is 22.5 Å². The largest absolute Gasteiger partial charge is 0.379 e. The van der Waals surface area contributed by atoms with Gasteiger partial charge in [0.05, 0.1) is 18.2 Å². The molecule has 0 aliphatic carbocycles. The average molecular weight is 525 g/mol. The number of fused-ring (bicyclic) bond motifs is 1. The molecule has 208 valence electrons. The number of unbranched alkanes of at least 4 members (excludes halogenated alkanes) is 8. The Labute approximate surface area is 228 Å². The summed E-state index contributed by atoms with van der Waals surface area (Å²) in [5, 5.41) is 2.98. The van der Waals surface area contributed by atoms with E-state index in [2.05, 4.69) is 18.3 Å². The third kappa shape index (κ3) is 9.86. The van der Waals surface area contributed by atoms with E-state index in [4.69, 9.17) is 4.74 Å². The van der Waals surface area contributed by atoms with Crippen molar-refractivity contribution in [3.8, 4) is 0 Å². The molecule has 0 saturated carbocycles. The van der Waals surface area contributed by atoms with Gasteiger partial charge in [-0.25, -0.2) is 4.39 Å². The SMILES string of the molecule is CCCCNC(=O)CCCCCCCCCCOCC1Cc2ccccc2CN1C(=O)c1ccccc1F. The number of nitrogens with zero attached hydrogens (tertiary/aromatic N) is 1. The van der Waals surface area contributed by atoms with Gasteiger partial charge in [-0.3, -0.25) is 9.59 Å². The minimum Gasteiger partial charge on any atom is -0.379 e. The Morgan fingerprint density at radius 2 is 1.55 bits per heavy atom. The number of hydrogen-bond acceptors (Lipinski definition) is 3. The molecule has 0 fully saturated rings. The number of nitrogens with one attached hydrogen (secondary N) is 1. The molecule has 0 radical (unpaired) electrons. The van der Waals surface area contributed by atoms with Crippen molar-refractivity contribution >= 4 is 11.8 Å². The van der Waals surface area contributed by atoms with Gasteiger partial charge in [0.15, 0.2) is 0 Å². The van der Waals surface area contributed by atoms with E-state index in [1.165, 1.54) is 37.3 Å². The highest BCUT2D eigenvalue weighted by molar-refractivity contribution is 5.94. The van der Waals surface area contributed by atoms with E-state index in [0.29, 0.717) is 26.2 Å². The molecule has 0 bridgehead atoms. The Morgan fingerprint density at radius 1 is 0.895 bits per heavy atom. The molecule has 2 aromatic rings. The zero-order valence-corrected chi connectivity index (χ0v) is 23.1. The van der Waals surface area contributed by atoms with Gasteiger partial charge in [0.2, 0.25) is 5.91 Å². The van der Waals surface area contributed by atoms with Crippen LogP contribution in [0.1, 0.15) is 99.0 Å². The van der Waals surface area contributed by atoms with Gasteiger partial charge >= 0.3 is 0 Å². The Hall–Kier alpha value is -2.73. The van der Waals surface area contributed by atoms with Crippen LogP contribution in [0, 0.1) is 5.82 Å². The predicted octanol–water partition coefficient (Wildman–Crippen LogP) is 6.84. The molecule has 0 spiro atoms. The molecule has 1 unspecified atom stereocenters. The monoisotopic (exact) mass is 524 g/mol. The number of rotatable bonds is 17. The molecule has 5 nitrogen and oxygen atoms in total. The lowest BCUT2D eigenvalue weighted by Gasteiger charge is -2.37. The van der Waals surface area contributed by atoms with Crippen molar-refractivity contribution in [3.05, 3.63) is 71.0 Å². The first kappa shape index (κ1) is 29.8. The summed E-state index contributed by atoms with van der Waals surface area (Å²) in [6.45, 7) is 4.54. The van der Waals surface area contributed by atoms with Gasteiger partial charge in [0, 0.05) is 26.1 Å². The molecule has 1 atom stereocenters. The summed E-state index contributed by atoms with van der Waals surface area (Å²) in [4.78, 5) is 26.7. The van der Waals surface area contributed by atoms with Crippen LogP contribution in [-0.4, -0.2) is 42.5 Å². The highest BCUT2D eigenvalue weighted by atomic mass is 19.1. The van der Waals surface area contributed by atoms with E-state index >= 15 is 0 Å². The van der Waals surface area contributed by atoms with Crippen LogP contribution >= 0.6 is 0 Å². The van der Waals surface area contributed by atoms with Crippen molar-refractivity contribution in [1.29, 1.82) is 0 Å². The molecule has 0 saturated heterocycles. The van der Waals surface area contributed by atoms with Gasteiger partial charge in [-0.15, -0.1) is 0 Å². The molecular formula is C32H45FN2O3. The van der Waals surface area contributed by atoms with Gasteiger partial charge in [-0.2, -0.15) is 0 Å².